The van der Waals surface area contributed by atoms with E-state index in [-0.39, 0.29) is 28.5 Å². The first kappa shape index (κ1) is 20.6. The minimum atomic E-state index is -0.268. The molecule has 3 unspecified atom stereocenters. The van der Waals surface area contributed by atoms with E-state index in [2.05, 4.69) is 29.6 Å². The summed E-state index contributed by atoms with van der Waals surface area (Å²) in [6.45, 7) is 2.47. The van der Waals surface area contributed by atoms with Crippen molar-refractivity contribution in [2.24, 2.45) is 5.92 Å². The van der Waals surface area contributed by atoms with Crippen molar-refractivity contribution in [1.82, 2.24) is 0 Å². The second-order valence-electron chi connectivity index (χ2n) is 8.41. The molecule has 0 bridgehead atoms. The highest BCUT2D eigenvalue weighted by molar-refractivity contribution is 6.30. The molecule has 32 heavy (non-hydrogen) atoms. The summed E-state index contributed by atoms with van der Waals surface area (Å²) in [7, 11) is 0. The Morgan fingerprint density at radius 3 is 2.56 bits per heavy atom. The monoisotopic (exact) mass is 446 g/mol. The third-order valence-corrected chi connectivity index (χ3v) is 6.71. The average Bonchev–Trinajstić information content (AvgIpc) is 3.29. The highest BCUT2D eigenvalue weighted by Gasteiger charge is 2.42. The van der Waals surface area contributed by atoms with Gasteiger partial charge in [0.2, 0.25) is 0 Å². The maximum atomic E-state index is 11.7. The Labute approximate surface area is 191 Å². The second-order valence-corrected chi connectivity index (χ2v) is 8.84. The van der Waals surface area contributed by atoms with Gasteiger partial charge in [-0.25, -0.2) is 0 Å². The largest absolute Gasteiger partial charge is 0.489 e. The summed E-state index contributed by atoms with van der Waals surface area (Å²) in [5, 5.41) is 16.0. The molecule has 0 radical (unpaired) electrons. The zero-order valence-electron chi connectivity index (χ0n) is 17.6. The van der Waals surface area contributed by atoms with Crippen LogP contribution in [0.3, 0.4) is 0 Å². The number of rotatable bonds is 5. The molecule has 0 amide bonds. The van der Waals surface area contributed by atoms with Crippen LogP contribution in [0.4, 0.5) is 11.4 Å². The van der Waals surface area contributed by atoms with E-state index in [1.807, 2.05) is 49.4 Å². The number of nitro groups is 1. The predicted molar refractivity (Wildman–Crippen MR) is 126 cm³/mol. The van der Waals surface area contributed by atoms with Gasteiger partial charge in [-0.1, -0.05) is 54.1 Å². The van der Waals surface area contributed by atoms with Crippen molar-refractivity contribution in [3.05, 3.63) is 110 Å². The molecule has 3 aromatic rings. The molecule has 2 aliphatic rings. The summed E-state index contributed by atoms with van der Waals surface area (Å²) in [5.41, 5.74) is 5.13. The van der Waals surface area contributed by atoms with E-state index in [0.29, 0.717) is 11.6 Å². The van der Waals surface area contributed by atoms with E-state index in [1.165, 1.54) is 0 Å². The third kappa shape index (κ3) is 3.73. The maximum Gasteiger partial charge on any atom is 0.275 e. The molecule has 6 heteroatoms. The first-order valence-corrected chi connectivity index (χ1v) is 11.1. The molecule has 3 atom stereocenters. The Morgan fingerprint density at radius 1 is 1.09 bits per heavy atom. The lowest BCUT2D eigenvalue weighted by Crippen LogP contribution is -2.30. The van der Waals surface area contributed by atoms with Crippen LogP contribution in [0.1, 0.15) is 40.6 Å². The second kappa shape index (κ2) is 8.32. The third-order valence-electron chi connectivity index (χ3n) is 6.46. The molecule has 0 saturated heterocycles. The number of allylic oxidation sites excluding steroid dienone is 2. The minimum absolute atomic E-state index is 0.0392. The van der Waals surface area contributed by atoms with Crippen molar-refractivity contribution in [3.8, 4) is 5.75 Å². The molecular formula is C26H23ClN2O3. The summed E-state index contributed by atoms with van der Waals surface area (Å²) in [6.07, 6.45) is 5.17. The van der Waals surface area contributed by atoms with Crippen molar-refractivity contribution in [3.63, 3.8) is 0 Å². The van der Waals surface area contributed by atoms with Crippen LogP contribution in [0.2, 0.25) is 5.02 Å². The predicted octanol–water partition coefficient (Wildman–Crippen LogP) is 6.96. The molecule has 5 nitrogen and oxygen atoms in total. The first-order valence-electron chi connectivity index (χ1n) is 10.7. The summed E-state index contributed by atoms with van der Waals surface area (Å²) >= 11 is 5.94. The Bertz CT molecular complexity index is 1190. The summed E-state index contributed by atoms with van der Waals surface area (Å²) < 4.78 is 5.93. The highest BCUT2D eigenvalue weighted by atomic mass is 35.5. The van der Waals surface area contributed by atoms with Crippen LogP contribution < -0.4 is 10.1 Å². The molecule has 0 spiro atoms. The van der Waals surface area contributed by atoms with Crippen LogP contribution in [-0.4, -0.2) is 4.92 Å². The van der Waals surface area contributed by atoms with Crippen LogP contribution in [0.5, 0.6) is 5.75 Å². The average molecular weight is 447 g/mol. The maximum absolute atomic E-state index is 11.7. The fraction of sp³-hybridized carbons (Fsp3) is 0.231. The van der Waals surface area contributed by atoms with E-state index >= 15 is 0 Å². The molecule has 0 aromatic heterocycles. The Hall–Kier alpha value is -3.31. The normalized spacial score (nSPS) is 20.9. The number of halogens is 1. The zero-order chi connectivity index (χ0) is 22.2. The Kier molecular flexibility index (Phi) is 5.35. The number of nitro benzene ring substituents is 1. The number of fused-ring (bicyclic) bond motifs is 3. The number of hydrogen-bond acceptors (Lipinski definition) is 4. The van der Waals surface area contributed by atoms with E-state index in [4.69, 9.17) is 16.3 Å². The van der Waals surface area contributed by atoms with Crippen LogP contribution in [0.15, 0.2) is 72.8 Å². The van der Waals surface area contributed by atoms with E-state index < -0.39 is 0 Å². The zero-order valence-corrected chi connectivity index (χ0v) is 18.4. The van der Waals surface area contributed by atoms with E-state index in [0.717, 1.165) is 40.1 Å². The molecule has 0 fully saturated rings. The van der Waals surface area contributed by atoms with Gasteiger partial charge >= 0.3 is 0 Å². The molecule has 5 rings (SSSR count). The number of benzene rings is 3. The van der Waals surface area contributed by atoms with Crippen molar-refractivity contribution in [2.45, 2.75) is 31.9 Å². The number of nitrogens with zero attached hydrogens (tertiary/aromatic N) is 1. The van der Waals surface area contributed by atoms with Gasteiger partial charge in [0.1, 0.15) is 12.4 Å². The summed E-state index contributed by atoms with van der Waals surface area (Å²) in [6, 6.07) is 19.3. The lowest BCUT2D eigenvalue weighted by molar-refractivity contribution is -0.385. The fourth-order valence-electron chi connectivity index (χ4n) is 4.84. The smallest absolute Gasteiger partial charge is 0.275 e. The topological polar surface area (TPSA) is 64.4 Å². The molecule has 1 aliphatic carbocycles. The van der Waals surface area contributed by atoms with Gasteiger partial charge in [-0.05, 0) is 60.2 Å². The molecular weight excluding hydrogens is 424 g/mol. The standard InChI is InChI=1S/C26H23ClN2O3/c1-16-5-14-23(29(30)31)24-21-3-2-4-22(21)26(28-25(16)24)18-8-12-20(13-9-18)32-15-17-6-10-19(27)11-7-17/h2-3,5-14,21-22,26,28H,4,15H2,1H3. The molecule has 0 saturated carbocycles. The molecule has 3 aromatic carbocycles. The van der Waals surface area contributed by atoms with Gasteiger partial charge in [0.05, 0.1) is 16.5 Å². The number of nitrogens with one attached hydrogen (secondary N) is 1. The Morgan fingerprint density at radius 2 is 1.84 bits per heavy atom. The number of hydrogen-bond donors (Lipinski definition) is 1. The van der Waals surface area contributed by atoms with E-state index in [1.54, 1.807) is 6.07 Å². The van der Waals surface area contributed by atoms with Crippen molar-refractivity contribution < 1.29 is 9.66 Å². The number of aryl methyl sites for hydroxylation is 1. The number of ether oxygens (including phenoxy) is 1. The van der Waals surface area contributed by atoms with Crippen LogP contribution in [-0.2, 0) is 6.61 Å². The van der Waals surface area contributed by atoms with E-state index in [9.17, 15) is 10.1 Å². The highest BCUT2D eigenvalue weighted by Crippen LogP contribution is 2.53. The molecule has 162 valence electrons. The summed E-state index contributed by atoms with van der Waals surface area (Å²) in [5.74, 6) is 1.08. The van der Waals surface area contributed by atoms with Gasteiger partial charge in [0.25, 0.3) is 5.69 Å². The SMILES string of the molecule is Cc1ccc([N+](=O)[O-])c2c1NC(c1ccc(OCc3ccc(Cl)cc3)cc1)C1CC=CC21. The Balaban J connectivity index is 1.39. The molecule has 1 heterocycles. The minimum Gasteiger partial charge on any atom is -0.489 e. The van der Waals surface area contributed by atoms with Gasteiger partial charge in [-0.15, -0.1) is 0 Å². The van der Waals surface area contributed by atoms with Gasteiger partial charge in [0.15, 0.2) is 0 Å². The van der Waals surface area contributed by atoms with Gasteiger partial charge in [0, 0.05) is 22.7 Å². The molecule has 1 N–H and O–H groups in total. The van der Waals surface area contributed by atoms with Crippen molar-refractivity contribution in [1.29, 1.82) is 0 Å². The lowest BCUT2D eigenvalue weighted by Gasteiger charge is -2.38. The first-order chi connectivity index (χ1) is 15.5. The quantitative estimate of drug-likeness (QED) is 0.261. The summed E-state index contributed by atoms with van der Waals surface area (Å²) in [4.78, 5) is 11.4. The fourth-order valence-corrected chi connectivity index (χ4v) is 4.97. The van der Waals surface area contributed by atoms with Crippen LogP contribution in [0.25, 0.3) is 0 Å². The van der Waals surface area contributed by atoms with Crippen LogP contribution in [0, 0.1) is 23.0 Å². The lowest BCUT2D eigenvalue weighted by atomic mass is 9.75. The van der Waals surface area contributed by atoms with Gasteiger partial charge in [-0.2, -0.15) is 0 Å². The van der Waals surface area contributed by atoms with Crippen LogP contribution >= 0.6 is 11.6 Å². The van der Waals surface area contributed by atoms with Crippen molar-refractivity contribution in [2.75, 3.05) is 5.32 Å². The van der Waals surface area contributed by atoms with Gasteiger partial charge < -0.3 is 10.1 Å². The number of anilines is 1. The van der Waals surface area contributed by atoms with Gasteiger partial charge in [-0.3, -0.25) is 10.1 Å². The molecule has 1 aliphatic heterocycles. The van der Waals surface area contributed by atoms with Crippen molar-refractivity contribution >= 4 is 23.0 Å².